The van der Waals surface area contributed by atoms with Crippen molar-refractivity contribution in [1.29, 1.82) is 5.41 Å². The van der Waals surface area contributed by atoms with Crippen LogP contribution in [0.5, 0.6) is 5.75 Å². The van der Waals surface area contributed by atoms with Gasteiger partial charge in [-0.25, -0.2) is 4.98 Å². The van der Waals surface area contributed by atoms with E-state index in [1.807, 2.05) is 13.0 Å². The van der Waals surface area contributed by atoms with E-state index in [1.165, 1.54) is 18.2 Å². The average Bonchev–Trinajstić information content (AvgIpc) is 2.76. The van der Waals surface area contributed by atoms with E-state index >= 15 is 0 Å². The number of phenolic OH excluding ortho intramolecular Hbond substituents is 1. The van der Waals surface area contributed by atoms with Crippen LogP contribution in [0.2, 0.25) is 0 Å². The van der Waals surface area contributed by atoms with Gasteiger partial charge in [-0.05, 0) is 42.8 Å². The number of anilines is 2. The van der Waals surface area contributed by atoms with Crippen molar-refractivity contribution in [2.75, 3.05) is 24.7 Å². The van der Waals surface area contributed by atoms with E-state index in [2.05, 4.69) is 15.6 Å². The number of pyridine rings is 1. The predicted molar refractivity (Wildman–Crippen MR) is 120 cm³/mol. The molecule has 0 spiro atoms. The zero-order valence-electron chi connectivity index (χ0n) is 17.4. The summed E-state index contributed by atoms with van der Waals surface area (Å²) in [4.78, 5) is 31.2. The molecule has 3 rings (SSSR count). The Morgan fingerprint density at radius 3 is 2.23 bits per heavy atom. The molecule has 2 aromatic carbocycles. The van der Waals surface area contributed by atoms with E-state index in [4.69, 9.17) is 5.41 Å². The summed E-state index contributed by atoms with van der Waals surface area (Å²) in [5.74, 6) is -0.570. The lowest BCUT2D eigenvalue weighted by Gasteiger charge is -2.15. The van der Waals surface area contributed by atoms with Gasteiger partial charge in [-0.3, -0.25) is 15.0 Å². The number of nitrogens with one attached hydrogen (secondary N) is 3. The second-order valence-electron chi connectivity index (χ2n) is 7.15. The maximum Gasteiger partial charge on any atom is 0.259 e. The number of amides is 2. The fourth-order valence-electron chi connectivity index (χ4n) is 2.81. The van der Waals surface area contributed by atoms with E-state index < -0.39 is 11.8 Å². The van der Waals surface area contributed by atoms with E-state index in [0.29, 0.717) is 22.8 Å². The van der Waals surface area contributed by atoms with Gasteiger partial charge in [-0.2, -0.15) is 0 Å². The quantitative estimate of drug-likeness (QED) is 0.288. The van der Waals surface area contributed by atoms with Gasteiger partial charge in [0.05, 0.1) is 11.3 Å². The Morgan fingerprint density at radius 1 is 0.935 bits per heavy atom. The SMILES string of the molecule is Cc1ccc(NC(=O)c2cccc(O)c2NC(=O)c2ccc(C(=N)N(C)C)cc2)nc1. The molecular weight excluding hydrogens is 394 g/mol. The molecule has 0 saturated heterocycles. The molecule has 4 N–H and O–H groups in total. The van der Waals surface area contributed by atoms with Gasteiger partial charge in [0.25, 0.3) is 11.8 Å². The number of hydrogen-bond donors (Lipinski definition) is 4. The summed E-state index contributed by atoms with van der Waals surface area (Å²) >= 11 is 0. The molecular formula is C23H23N5O3. The van der Waals surface area contributed by atoms with Crippen molar-refractivity contribution >= 4 is 29.2 Å². The number of phenols is 1. The van der Waals surface area contributed by atoms with E-state index in [1.54, 1.807) is 55.5 Å². The number of benzene rings is 2. The lowest BCUT2D eigenvalue weighted by molar-refractivity contribution is 0.102. The van der Waals surface area contributed by atoms with Crippen LogP contribution in [0.1, 0.15) is 31.8 Å². The molecule has 2 amide bonds. The molecule has 1 heterocycles. The number of carbonyl (C=O) groups is 2. The molecule has 8 nitrogen and oxygen atoms in total. The molecule has 0 radical (unpaired) electrons. The highest BCUT2D eigenvalue weighted by atomic mass is 16.3. The Bertz CT molecular complexity index is 1120. The third-order valence-electron chi connectivity index (χ3n) is 4.55. The van der Waals surface area contributed by atoms with E-state index in [0.717, 1.165) is 5.56 Å². The smallest absolute Gasteiger partial charge is 0.259 e. The zero-order chi connectivity index (χ0) is 22.5. The van der Waals surface area contributed by atoms with Crippen molar-refractivity contribution in [3.05, 3.63) is 83.0 Å². The lowest BCUT2D eigenvalue weighted by Crippen LogP contribution is -2.22. The van der Waals surface area contributed by atoms with Crippen molar-refractivity contribution in [1.82, 2.24) is 9.88 Å². The van der Waals surface area contributed by atoms with E-state index in [9.17, 15) is 14.7 Å². The maximum absolute atomic E-state index is 12.7. The van der Waals surface area contributed by atoms with Gasteiger partial charge in [0.2, 0.25) is 0 Å². The molecule has 1 aromatic heterocycles. The first-order chi connectivity index (χ1) is 14.8. The second kappa shape index (κ2) is 9.08. The summed E-state index contributed by atoms with van der Waals surface area (Å²) in [6.07, 6.45) is 1.63. The standard InChI is InChI=1S/C23H23N5O3/c1-14-7-12-19(25-13-14)26-23(31)17-5-4-6-18(29)20(17)27-22(30)16-10-8-15(9-11-16)21(24)28(2)3/h4-13,24,29H,1-3H3,(H,27,30)(H,25,26,31). The summed E-state index contributed by atoms with van der Waals surface area (Å²) in [7, 11) is 3.53. The topological polar surface area (TPSA) is 118 Å². The van der Waals surface area contributed by atoms with Crippen LogP contribution in [-0.2, 0) is 0 Å². The molecule has 0 atom stereocenters. The molecule has 0 unspecified atom stereocenters. The van der Waals surface area contributed by atoms with Crippen molar-refractivity contribution in [2.24, 2.45) is 0 Å². The number of hydrogen-bond acceptors (Lipinski definition) is 5. The molecule has 0 aliphatic heterocycles. The molecule has 0 fully saturated rings. The van der Waals surface area contributed by atoms with Crippen molar-refractivity contribution < 1.29 is 14.7 Å². The molecule has 8 heteroatoms. The number of para-hydroxylation sites is 1. The molecule has 0 aliphatic carbocycles. The third kappa shape index (κ3) is 5.05. The average molecular weight is 417 g/mol. The van der Waals surface area contributed by atoms with Crippen LogP contribution in [0.25, 0.3) is 0 Å². The van der Waals surface area contributed by atoms with Crippen LogP contribution in [0.3, 0.4) is 0 Å². The fraction of sp³-hybridized carbons (Fsp3) is 0.130. The van der Waals surface area contributed by atoms with Gasteiger partial charge >= 0.3 is 0 Å². The fourth-order valence-corrected chi connectivity index (χ4v) is 2.81. The van der Waals surface area contributed by atoms with E-state index in [-0.39, 0.29) is 17.0 Å². The first-order valence-corrected chi connectivity index (χ1v) is 9.50. The highest BCUT2D eigenvalue weighted by Crippen LogP contribution is 2.28. The first kappa shape index (κ1) is 21.5. The van der Waals surface area contributed by atoms with Crippen LogP contribution in [0.4, 0.5) is 11.5 Å². The minimum Gasteiger partial charge on any atom is -0.506 e. The Balaban J connectivity index is 1.81. The predicted octanol–water partition coefficient (Wildman–Crippen LogP) is 3.49. The molecule has 0 saturated carbocycles. The van der Waals surface area contributed by atoms with Gasteiger partial charge < -0.3 is 20.6 Å². The van der Waals surface area contributed by atoms with Gasteiger partial charge in [-0.15, -0.1) is 0 Å². The normalized spacial score (nSPS) is 10.3. The van der Waals surface area contributed by atoms with Gasteiger partial charge in [-0.1, -0.05) is 24.3 Å². The number of aromatic hydroxyl groups is 1. The third-order valence-corrected chi connectivity index (χ3v) is 4.55. The molecule has 158 valence electrons. The summed E-state index contributed by atoms with van der Waals surface area (Å²) in [6, 6.07) is 14.4. The van der Waals surface area contributed by atoms with Crippen molar-refractivity contribution in [3.63, 3.8) is 0 Å². The molecule has 0 aliphatic rings. The molecule has 3 aromatic rings. The van der Waals surface area contributed by atoms with Crippen LogP contribution >= 0.6 is 0 Å². The second-order valence-corrected chi connectivity index (χ2v) is 7.15. The summed E-state index contributed by atoms with van der Waals surface area (Å²) in [6.45, 7) is 1.89. The van der Waals surface area contributed by atoms with Crippen LogP contribution in [-0.4, -0.2) is 46.7 Å². The van der Waals surface area contributed by atoms with Crippen LogP contribution < -0.4 is 10.6 Å². The number of nitrogens with zero attached hydrogens (tertiary/aromatic N) is 2. The highest BCUT2D eigenvalue weighted by Gasteiger charge is 2.18. The summed E-state index contributed by atoms with van der Waals surface area (Å²) in [5, 5.41) is 23.5. The summed E-state index contributed by atoms with van der Waals surface area (Å²) in [5.41, 5.74) is 2.04. The van der Waals surface area contributed by atoms with Gasteiger partial charge in [0, 0.05) is 31.4 Å². The van der Waals surface area contributed by atoms with Gasteiger partial charge in [0.1, 0.15) is 17.4 Å². The Labute approximate surface area is 180 Å². The minimum atomic E-state index is -0.516. The Morgan fingerprint density at radius 2 is 1.61 bits per heavy atom. The van der Waals surface area contributed by atoms with Crippen LogP contribution in [0, 0.1) is 12.3 Å². The molecule has 0 bridgehead atoms. The van der Waals surface area contributed by atoms with Crippen molar-refractivity contribution in [2.45, 2.75) is 6.92 Å². The Hall–Kier alpha value is -4.20. The van der Waals surface area contributed by atoms with Gasteiger partial charge in [0.15, 0.2) is 0 Å². The number of amidine groups is 1. The maximum atomic E-state index is 12.7. The lowest BCUT2D eigenvalue weighted by atomic mass is 10.1. The largest absolute Gasteiger partial charge is 0.506 e. The Kier molecular flexibility index (Phi) is 6.30. The number of aryl methyl sites for hydroxylation is 1. The van der Waals surface area contributed by atoms with Crippen molar-refractivity contribution in [3.8, 4) is 5.75 Å². The minimum absolute atomic E-state index is 0.00206. The molecule has 31 heavy (non-hydrogen) atoms. The zero-order valence-corrected chi connectivity index (χ0v) is 17.4. The monoisotopic (exact) mass is 417 g/mol. The number of aromatic nitrogens is 1. The number of rotatable bonds is 5. The summed E-state index contributed by atoms with van der Waals surface area (Å²) < 4.78 is 0. The first-order valence-electron chi connectivity index (χ1n) is 9.50. The number of carbonyl (C=O) groups excluding carboxylic acids is 2. The van der Waals surface area contributed by atoms with Crippen LogP contribution in [0.15, 0.2) is 60.8 Å². The highest BCUT2D eigenvalue weighted by molar-refractivity contribution is 6.13.